The second kappa shape index (κ2) is 5.12. The second-order valence-corrected chi connectivity index (χ2v) is 4.56. The molecule has 0 unspecified atom stereocenters. The molecule has 2 rings (SSSR count). The van der Waals surface area contributed by atoms with Crippen LogP contribution >= 0.6 is 0 Å². The Balaban J connectivity index is 1.89. The number of fused-ring (bicyclic) bond motifs is 1. The topological polar surface area (TPSA) is 29.3 Å². The fraction of sp³-hybridized carbons (Fsp3) is 0.462. The summed E-state index contributed by atoms with van der Waals surface area (Å²) < 4.78 is 2.06. The highest BCUT2D eigenvalue weighted by molar-refractivity contribution is 5.39. The van der Waals surface area contributed by atoms with Crippen LogP contribution in [0.2, 0.25) is 0 Å². The molecule has 0 aliphatic rings. The largest absolute Gasteiger partial charge is 0.311 e. The molecule has 2 aromatic heterocycles. The van der Waals surface area contributed by atoms with Gasteiger partial charge in [0.05, 0.1) is 5.69 Å². The van der Waals surface area contributed by atoms with Gasteiger partial charge in [0.25, 0.3) is 0 Å². The fourth-order valence-corrected chi connectivity index (χ4v) is 1.68. The van der Waals surface area contributed by atoms with Gasteiger partial charge in [0.2, 0.25) is 0 Å². The summed E-state index contributed by atoms with van der Waals surface area (Å²) in [7, 11) is 0. The van der Waals surface area contributed by atoms with E-state index < -0.39 is 0 Å². The Kier molecular flexibility index (Phi) is 3.57. The van der Waals surface area contributed by atoms with Crippen molar-refractivity contribution in [3.63, 3.8) is 0 Å². The number of aromatic nitrogens is 2. The van der Waals surface area contributed by atoms with Crippen molar-refractivity contribution in [1.29, 1.82) is 0 Å². The van der Waals surface area contributed by atoms with E-state index in [0.29, 0.717) is 0 Å². The third-order valence-electron chi connectivity index (χ3n) is 2.62. The molecule has 2 aromatic rings. The average Bonchev–Trinajstić information content (AvgIpc) is 2.66. The van der Waals surface area contributed by atoms with E-state index in [2.05, 4.69) is 34.7 Å². The average molecular weight is 217 g/mol. The summed E-state index contributed by atoms with van der Waals surface area (Å²) >= 11 is 0. The highest BCUT2D eigenvalue weighted by Gasteiger charge is 2.00. The van der Waals surface area contributed by atoms with Crippen LogP contribution in [0.25, 0.3) is 5.65 Å². The van der Waals surface area contributed by atoms with Crippen molar-refractivity contribution >= 4 is 5.65 Å². The lowest BCUT2D eigenvalue weighted by molar-refractivity contribution is 0.535. The van der Waals surface area contributed by atoms with Crippen molar-refractivity contribution in [2.24, 2.45) is 5.92 Å². The van der Waals surface area contributed by atoms with E-state index in [1.165, 1.54) is 6.42 Å². The van der Waals surface area contributed by atoms with Crippen LogP contribution in [0.5, 0.6) is 0 Å². The number of nitrogens with zero attached hydrogens (tertiary/aromatic N) is 2. The number of hydrogen-bond donors (Lipinski definition) is 1. The zero-order valence-electron chi connectivity index (χ0n) is 9.98. The van der Waals surface area contributed by atoms with Crippen LogP contribution in [0.15, 0.2) is 30.6 Å². The van der Waals surface area contributed by atoms with E-state index >= 15 is 0 Å². The van der Waals surface area contributed by atoms with Crippen molar-refractivity contribution in [2.75, 3.05) is 6.54 Å². The second-order valence-electron chi connectivity index (χ2n) is 4.56. The molecular weight excluding hydrogens is 198 g/mol. The molecule has 16 heavy (non-hydrogen) atoms. The van der Waals surface area contributed by atoms with Gasteiger partial charge >= 0.3 is 0 Å². The lowest BCUT2D eigenvalue weighted by Crippen LogP contribution is -2.16. The van der Waals surface area contributed by atoms with Crippen molar-refractivity contribution in [2.45, 2.75) is 26.8 Å². The van der Waals surface area contributed by atoms with Crippen LogP contribution in [0.3, 0.4) is 0 Å². The van der Waals surface area contributed by atoms with Crippen LogP contribution in [0.4, 0.5) is 0 Å². The number of hydrogen-bond acceptors (Lipinski definition) is 2. The van der Waals surface area contributed by atoms with Gasteiger partial charge in [-0.1, -0.05) is 19.9 Å². The molecule has 3 heteroatoms. The SMILES string of the molecule is CC(C)CCNCc1cn2ccccc2n1. The minimum absolute atomic E-state index is 0.758. The van der Waals surface area contributed by atoms with E-state index in [-0.39, 0.29) is 0 Å². The summed E-state index contributed by atoms with van der Waals surface area (Å²) in [5.74, 6) is 0.758. The summed E-state index contributed by atoms with van der Waals surface area (Å²) in [4.78, 5) is 4.53. The lowest BCUT2D eigenvalue weighted by atomic mass is 10.1. The van der Waals surface area contributed by atoms with Crippen LogP contribution < -0.4 is 5.32 Å². The highest BCUT2D eigenvalue weighted by atomic mass is 15.0. The van der Waals surface area contributed by atoms with Crippen LogP contribution in [0.1, 0.15) is 26.0 Å². The third-order valence-corrected chi connectivity index (χ3v) is 2.62. The molecule has 0 amide bonds. The minimum Gasteiger partial charge on any atom is -0.311 e. The summed E-state index contributed by atoms with van der Waals surface area (Å²) in [5, 5.41) is 3.42. The van der Waals surface area contributed by atoms with Gasteiger partial charge in [-0.3, -0.25) is 0 Å². The van der Waals surface area contributed by atoms with E-state index in [9.17, 15) is 0 Å². The Morgan fingerprint density at radius 2 is 2.25 bits per heavy atom. The van der Waals surface area contributed by atoms with Crippen molar-refractivity contribution < 1.29 is 0 Å². The Morgan fingerprint density at radius 1 is 1.38 bits per heavy atom. The Hall–Kier alpha value is -1.35. The maximum absolute atomic E-state index is 4.53. The van der Waals surface area contributed by atoms with Crippen LogP contribution in [-0.4, -0.2) is 15.9 Å². The van der Waals surface area contributed by atoms with Crippen molar-refractivity contribution in [3.05, 3.63) is 36.3 Å². The number of pyridine rings is 1. The Labute approximate surface area is 96.5 Å². The zero-order chi connectivity index (χ0) is 11.4. The van der Waals surface area contributed by atoms with Crippen molar-refractivity contribution in [3.8, 4) is 0 Å². The molecule has 0 radical (unpaired) electrons. The first-order valence-corrected chi connectivity index (χ1v) is 5.89. The molecule has 0 fully saturated rings. The van der Waals surface area contributed by atoms with Gasteiger partial charge in [-0.05, 0) is 31.0 Å². The lowest BCUT2D eigenvalue weighted by Gasteiger charge is -2.04. The van der Waals surface area contributed by atoms with E-state index in [1.54, 1.807) is 0 Å². The van der Waals surface area contributed by atoms with E-state index in [4.69, 9.17) is 0 Å². The van der Waals surface area contributed by atoms with Gasteiger partial charge in [0.15, 0.2) is 0 Å². The number of imidazole rings is 1. The van der Waals surface area contributed by atoms with Gasteiger partial charge in [-0.15, -0.1) is 0 Å². The predicted molar refractivity (Wildman–Crippen MR) is 66.4 cm³/mol. The Morgan fingerprint density at radius 3 is 3.00 bits per heavy atom. The number of rotatable bonds is 5. The monoisotopic (exact) mass is 217 g/mol. The smallest absolute Gasteiger partial charge is 0.137 e. The molecule has 3 nitrogen and oxygen atoms in total. The molecule has 2 heterocycles. The maximum Gasteiger partial charge on any atom is 0.137 e. The summed E-state index contributed by atoms with van der Waals surface area (Å²) in [6.45, 7) is 6.40. The van der Waals surface area contributed by atoms with Gasteiger partial charge in [-0.2, -0.15) is 0 Å². The van der Waals surface area contributed by atoms with Gasteiger partial charge < -0.3 is 9.72 Å². The molecule has 0 saturated heterocycles. The molecule has 1 N–H and O–H groups in total. The molecule has 0 aromatic carbocycles. The van der Waals surface area contributed by atoms with Crippen LogP contribution in [-0.2, 0) is 6.54 Å². The maximum atomic E-state index is 4.53. The molecule has 0 spiro atoms. The van der Waals surface area contributed by atoms with Crippen molar-refractivity contribution in [1.82, 2.24) is 14.7 Å². The normalized spacial score (nSPS) is 11.4. The molecule has 0 aliphatic heterocycles. The predicted octanol–water partition coefficient (Wildman–Crippen LogP) is 2.47. The molecule has 0 bridgehead atoms. The first-order chi connectivity index (χ1) is 7.75. The van der Waals surface area contributed by atoms with Crippen LogP contribution in [0, 0.1) is 5.92 Å². The minimum atomic E-state index is 0.758. The highest BCUT2D eigenvalue weighted by Crippen LogP contribution is 2.04. The molecular formula is C13H19N3. The standard InChI is InChI=1S/C13H19N3/c1-11(2)6-7-14-9-12-10-16-8-4-3-5-13(16)15-12/h3-5,8,10-11,14H,6-7,9H2,1-2H3. The molecule has 0 saturated carbocycles. The first kappa shape index (κ1) is 11.1. The van der Waals surface area contributed by atoms with E-state index in [1.807, 2.05) is 24.4 Å². The van der Waals surface area contributed by atoms with Gasteiger partial charge in [0, 0.05) is 18.9 Å². The van der Waals surface area contributed by atoms with Gasteiger partial charge in [-0.25, -0.2) is 4.98 Å². The Bertz CT molecular complexity index is 412. The quantitative estimate of drug-likeness (QED) is 0.780. The summed E-state index contributed by atoms with van der Waals surface area (Å²) in [5.41, 5.74) is 2.12. The summed E-state index contributed by atoms with van der Waals surface area (Å²) in [6, 6.07) is 6.06. The van der Waals surface area contributed by atoms with E-state index in [0.717, 1.165) is 30.3 Å². The fourth-order valence-electron chi connectivity index (χ4n) is 1.68. The molecule has 86 valence electrons. The first-order valence-electron chi connectivity index (χ1n) is 5.89. The third kappa shape index (κ3) is 2.83. The zero-order valence-corrected chi connectivity index (χ0v) is 9.98. The molecule has 0 aliphatic carbocycles. The van der Waals surface area contributed by atoms with Gasteiger partial charge in [0.1, 0.15) is 5.65 Å². The molecule has 0 atom stereocenters. The summed E-state index contributed by atoms with van der Waals surface area (Å²) in [6.07, 6.45) is 5.32. The number of nitrogens with one attached hydrogen (secondary N) is 1.